The number of hydrogen-bond donors (Lipinski definition) is 2. The minimum absolute atomic E-state index is 0.0261. The molecule has 0 spiro atoms. The second kappa shape index (κ2) is 9.46. The molecule has 2 aliphatic carbocycles. The minimum Gasteiger partial charge on any atom is -0.479 e. The van der Waals surface area contributed by atoms with Crippen LogP contribution in [0.5, 0.6) is 0 Å². The fraction of sp³-hybridized carbons (Fsp3) is 0.423. The third kappa shape index (κ3) is 4.63. The van der Waals surface area contributed by atoms with Gasteiger partial charge >= 0.3 is 12.1 Å². The summed E-state index contributed by atoms with van der Waals surface area (Å²) in [7, 11) is 0. The van der Waals surface area contributed by atoms with Gasteiger partial charge in [-0.3, -0.25) is 4.79 Å². The molecular formula is C26H28N2O6. The summed E-state index contributed by atoms with van der Waals surface area (Å²) in [5.74, 6) is -1.05. The first-order chi connectivity index (χ1) is 16.5. The number of carboxylic acids is 1. The van der Waals surface area contributed by atoms with Crippen molar-refractivity contribution in [3.05, 3.63) is 59.7 Å². The van der Waals surface area contributed by atoms with E-state index in [-0.39, 0.29) is 31.6 Å². The lowest BCUT2D eigenvalue weighted by Gasteiger charge is -2.33. The Bertz CT molecular complexity index is 1050. The van der Waals surface area contributed by atoms with Crippen LogP contribution in [0.3, 0.4) is 0 Å². The van der Waals surface area contributed by atoms with Crippen molar-refractivity contribution in [2.75, 3.05) is 26.3 Å². The van der Waals surface area contributed by atoms with E-state index in [9.17, 15) is 19.5 Å². The molecular weight excluding hydrogens is 436 g/mol. The van der Waals surface area contributed by atoms with Crippen LogP contribution in [0.2, 0.25) is 0 Å². The molecule has 8 nitrogen and oxygen atoms in total. The van der Waals surface area contributed by atoms with Crippen molar-refractivity contribution < 1.29 is 29.0 Å². The van der Waals surface area contributed by atoms with Crippen LogP contribution in [0.15, 0.2) is 48.5 Å². The van der Waals surface area contributed by atoms with Gasteiger partial charge in [0.1, 0.15) is 12.6 Å². The van der Waals surface area contributed by atoms with Crippen molar-refractivity contribution in [3.8, 4) is 11.1 Å². The molecule has 2 atom stereocenters. The van der Waals surface area contributed by atoms with Crippen molar-refractivity contribution >= 4 is 18.0 Å². The number of amides is 2. The van der Waals surface area contributed by atoms with Crippen molar-refractivity contribution in [2.24, 2.45) is 5.92 Å². The van der Waals surface area contributed by atoms with E-state index >= 15 is 0 Å². The first-order valence-corrected chi connectivity index (χ1v) is 11.8. The van der Waals surface area contributed by atoms with E-state index in [1.165, 1.54) is 4.90 Å². The second-order valence-electron chi connectivity index (χ2n) is 9.18. The van der Waals surface area contributed by atoms with E-state index in [1.54, 1.807) is 0 Å². The summed E-state index contributed by atoms with van der Waals surface area (Å²) in [6, 6.07) is 15.5. The highest BCUT2D eigenvalue weighted by Crippen LogP contribution is 2.44. The molecule has 1 saturated heterocycles. The Balaban J connectivity index is 1.24. The summed E-state index contributed by atoms with van der Waals surface area (Å²) >= 11 is 0. The van der Waals surface area contributed by atoms with Gasteiger partial charge in [-0.1, -0.05) is 61.4 Å². The lowest BCUT2D eigenvalue weighted by Crippen LogP contribution is -2.55. The second-order valence-corrected chi connectivity index (χ2v) is 9.18. The molecule has 178 valence electrons. The fourth-order valence-electron chi connectivity index (χ4n) is 4.91. The summed E-state index contributed by atoms with van der Waals surface area (Å²) < 4.78 is 10.9. The van der Waals surface area contributed by atoms with Crippen LogP contribution >= 0.6 is 0 Å². The number of carbonyl (C=O) groups is 3. The predicted octanol–water partition coefficient (Wildman–Crippen LogP) is 3.01. The van der Waals surface area contributed by atoms with Crippen molar-refractivity contribution in [1.82, 2.24) is 10.2 Å². The van der Waals surface area contributed by atoms with E-state index in [4.69, 9.17) is 9.47 Å². The number of carboxylic acid groups (broad SMARTS) is 1. The average molecular weight is 465 g/mol. The monoisotopic (exact) mass is 464 g/mol. The molecule has 0 radical (unpaired) electrons. The molecule has 1 heterocycles. The number of morpholine rings is 1. The third-order valence-electron chi connectivity index (χ3n) is 6.85. The number of benzene rings is 2. The number of aliphatic carboxylic acids is 1. The van der Waals surface area contributed by atoms with Crippen molar-refractivity contribution in [3.63, 3.8) is 0 Å². The van der Waals surface area contributed by atoms with E-state index < -0.39 is 24.2 Å². The number of nitrogens with one attached hydrogen (secondary N) is 1. The first kappa shape index (κ1) is 22.4. The normalized spacial score (nSPS) is 20.2. The van der Waals surface area contributed by atoms with Crippen LogP contribution in [0, 0.1) is 5.92 Å². The standard InChI is InChI=1S/C26H28N2O6/c29-24(28-11-12-33-23(14-28)25(30)31)22(13-16-9-10-16)27-26(32)34-15-21-19-7-3-1-5-17(19)18-6-2-4-8-20(18)21/h1-8,16,21-23H,9-15H2,(H,27,32)(H,30,31)/t22-,23?/m0/s1. The Morgan fingerprint density at radius 3 is 2.32 bits per heavy atom. The van der Waals surface area contributed by atoms with Crippen LogP contribution in [-0.4, -0.2) is 66.4 Å². The molecule has 2 aromatic rings. The van der Waals surface area contributed by atoms with Gasteiger partial charge in [0, 0.05) is 12.5 Å². The summed E-state index contributed by atoms with van der Waals surface area (Å²) in [5.41, 5.74) is 4.54. The number of alkyl carbamates (subject to hydrolysis) is 1. The van der Waals surface area contributed by atoms with Crippen LogP contribution in [-0.2, 0) is 19.1 Å². The topological polar surface area (TPSA) is 105 Å². The number of carbonyl (C=O) groups excluding carboxylic acids is 2. The minimum atomic E-state index is -1.10. The molecule has 1 unspecified atom stereocenters. The van der Waals surface area contributed by atoms with Gasteiger partial charge in [-0.2, -0.15) is 0 Å². The molecule has 8 heteroatoms. The van der Waals surface area contributed by atoms with E-state index in [0.717, 1.165) is 35.1 Å². The molecule has 2 fully saturated rings. The Hall–Kier alpha value is -3.39. The van der Waals surface area contributed by atoms with Gasteiger partial charge in [0.2, 0.25) is 5.91 Å². The molecule has 0 aromatic heterocycles. The van der Waals surface area contributed by atoms with Gasteiger partial charge in [-0.05, 0) is 34.6 Å². The van der Waals surface area contributed by atoms with Gasteiger partial charge in [-0.15, -0.1) is 0 Å². The van der Waals surface area contributed by atoms with Crippen LogP contribution in [0.1, 0.15) is 36.3 Å². The SMILES string of the molecule is O=C(N[C@@H](CC1CC1)C(=O)N1CCOC(C(=O)O)C1)OCC1c2ccccc2-c2ccccc21. The third-order valence-corrected chi connectivity index (χ3v) is 6.85. The zero-order chi connectivity index (χ0) is 23.7. The quantitative estimate of drug-likeness (QED) is 0.653. The summed E-state index contributed by atoms with van der Waals surface area (Å²) in [5, 5.41) is 12.0. The highest BCUT2D eigenvalue weighted by atomic mass is 16.5. The van der Waals surface area contributed by atoms with Crippen molar-refractivity contribution in [1.29, 1.82) is 0 Å². The number of nitrogens with zero attached hydrogens (tertiary/aromatic N) is 1. The molecule has 3 aliphatic rings. The predicted molar refractivity (Wildman–Crippen MR) is 123 cm³/mol. The van der Waals surface area contributed by atoms with Crippen LogP contribution in [0.25, 0.3) is 11.1 Å². The molecule has 2 aromatic carbocycles. The Morgan fingerprint density at radius 1 is 1.06 bits per heavy atom. The van der Waals surface area contributed by atoms with E-state index in [2.05, 4.69) is 29.6 Å². The van der Waals surface area contributed by atoms with Gasteiger partial charge in [0.25, 0.3) is 0 Å². The molecule has 2 N–H and O–H groups in total. The molecule has 0 bridgehead atoms. The first-order valence-electron chi connectivity index (χ1n) is 11.8. The Labute approximate surface area is 197 Å². The van der Waals surface area contributed by atoms with Crippen molar-refractivity contribution in [2.45, 2.75) is 37.3 Å². The van der Waals surface area contributed by atoms with Gasteiger partial charge in [0.15, 0.2) is 6.10 Å². The number of hydrogen-bond acceptors (Lipinski definition) is 5. The Kier molecular flexibility index (Phi) is 6.24. The lowest BCUT2D eigenvalue weighted by molar-refractivity contribution is -0.160. The zero-order valence-electron chi connectivity index (χ0n) is 18.8. The smallest absolute Gasteiger partial charge is 0.407 e. The molecule has 34 heavy (non-hydrogen) atoms. The van der Waals surface area contributed by atoms with Crippen LogP contribution < -0.4 is 5.32 Å². The highest BCUT2D eigenvalue weighted by molar-refractivity contribution is 5.86. The maximum atomic E-state index is 13.2. The number of rotatable bonds is 7. The van der Waals surface area contributed by atoms with E-state index in [1.807, 2.05) is 24.3 Å². The fourth-order valence-corrected chi connectivity index (χ4v) is 4.91. The maximum absolute atomic E-state index is 13.2. The zero-order valence-corrected chi connectivity index (χ0v) is 18.8. The summed E-state index contributed by atoms with van der Waals surface area (Å²) in [6.45, 7) is 0.602. The molecule has 5 rings (SSSR count). The van der Waals surface area contributed by atoms with Crippen LogP contribution in [0.4, 0.5) is 4.79 Å². The number of fused-ring (bicyclic) bond motifs is 3. The summed E-state index contributed by atoms with van der Waals surface area (Å²) in [4.78, 5) is 38.7. The molecule has 1 saturated carbocycles. The summed E-state index contributed by atoms with van der Waals surface area (Å²) in [6.07, 6.45) is 0.893. The number of ether oxygens (including phenoxy) is 2. The highest BCUT2D eigenvalue weighted by Gasteiger charge is 2.37. The van der Waals surface area contributed by atoms with Gasteiger partial charge in [-0.25, -0.2) is 9.59 Å². The lowest BCUT2D eigenvalue weighted by atomic mass is 9.98. The Morgan fingerprint density at radius 2 is 1.71 bits per heavy atom. The molecule has 2 amide bonds. The van der Waals surface area contributed by atoms with Gasteiger partial charge < -0.3 is 24.8 Å². The largest absolute Gasteiger partial charge is 0.479 e. The van der Waals surface area contributed by atoms with Gasteiger partial charge in [0.05, 0.1) is 13.2 Å². The molecule has 1 aliphatic heterocycles. The maximum Gasteiger partial charge on any atom is 0.407 e. The average Bonchev–Trinajstić information content (AvgIpc) is 3.62. The van der Waals surface area contributed by atoms with E-state index in [0.29, 0.717) is 18.9 Å².